The molecule has 0 unspecified atom stereocenters. The van der Waals surface area contributed by atoms with Gasteiger partial charge in [-0.25, -0.2) is 4.79 Å². The van der Waals surface area contributed by atoms with Crippen LogP contribution in [0.2, 0.25) is 0 Å². The quantitative estimate of drug-likeness (QED) is 0.335. The van der Waals surface area contributed by atoms with Gasteiger partial charge in [0.1, 0.15) is 0 Å². The van der Waals surface area contributed by atoms with Gasteiger partial charge in [-0.3, -0.25) is 4.98 Å². The molecule has 1 fully saturated rings. The Balaban J connectivity index is 1.88. The van der Waals surface area contributed by atoms with Gasteiger partial charge in [0.05, 0.1) is 11.3 Å². The van der Waals surface area contributed by atoms with Gasteiger partial charge in [0.25, 0.3) is 0 Å². The van der Waals surface area contributed by atoms with Crippen molar-refractivity contribution in [3.63, 3.8) is 0 Å². The van der Waals surface area contributed by atoms with Gasteiger partial charge >= 0.3 is 5.97 Å². The lowest BCUT2D eigenvalue weighted by Gasteiger charge is -2.41. The van der Waals surface area contributed by atoms with Crippen molar-refractivity contribution in [1.82, 2.24) is 4.98 Å². The summed E-state index contributed by atoms with van der Waals surface area (Å²) in [6, 6.07) is 17.3. The first-order valence-corrected chi connectivity index (χ1v) is 14.2. The number of ether oxygens (including phenoxy) is 1. The first kappa shape index (κ1) is 28.8. The van der Waals surface area contributed by atoms with Crippen molar-refractivity contribution < 1.29 is 14.6 Å². The molecule has 1 aliphatic rings. The van der Waals surface area contributed by atoms with E-state index in [1.54, 1.807) is 0 Å². The van der Waals surface area contributed by atoms with Crippen molar-refractivity contribution in [3.8, 4) is 22.3 Å². The summed E-state index contributed by atoms with van der Waals surface area (Å²) < 4.78 is 6.20. The molecule has 4 rings (SSSR count). The molecule has 2 aromatic carbocycles. The van der Waals surface area contributed by atoms with Crippen LogP contribution in [-0.4, -0.2) is 34.8 Å². The van der Waals surface area contributed by atoms with E-state index < -0.39 is 17.7 Å². The summed E-state index contributed by atoms with van der Waals surface area (Å²) in [5.74, 6) is -0.992. The molecule has 0 amide bonds. The van der Waals surface area contributed by atoms with E-state index in [0.29, 0.717) is 11.3 Å². The first-order chi connectivity index (χ1) is 18.3. The summed E-state index contributed by atoms with van der Waals surface area (Å²) in [5, 5.41) is 10.4. The maximum absolute atomic E-state index is 12.7. The lowest BCUT2D eigenvalue weighted by molar-refractivity contribution is -0.160. The SMILES string of the molecule is CCc1ccc(-c2ccc(-c3c(C)nc(C)c([C@H](OC(C)(C)C)C(=O)O)c3N3CCC(C)(C)CC3)cc2)cc1. The molecule has 208 valence electrons. The Labute approximate surface area is 234 Å². The standard InChI is InChI=1S/C34H44N2O3/c1-9-24-10-12-25(13-11-24)26-14-16-27(17-15-26)28-22(2)35-23(3)29(31(32(37)38)39-33(4,5)6)30(28)36-20-18-34(7,8)19-21-36/h10-17,31H,9,18-21H2,1-8H3,(H,37,38)/t31-/m0/s1. The normalized spacial score (nSPS) is 16.3. The van der Waals surface area contributed by atoms with Crippen molar-refractivity contribution in [2.24, 2.45) is 5.41 Å². The van der Waals surface area contributed by atoms with Gasteiger partial charge in [0, 0.05) is 35.6 Å². The number of nitrogens with zero attached hydrogens (tertiary/aromatic N) is 2. The second-order valence-electron chi connectivity index (χ2n) is 12.6. The van der Waals surface area contributed by atoms with Crippen LogP contribution in [-0.2, 0) is 16.0 Å². The molecule has 0 saturated carbocycles. The molecule has 1 saturated heterocycles. The third-order valence-corrected chi connectivity index (χ3v) is 7.84. The van der Waals surface area contributed by atoms with E-state index in [-0.39, 0.29) is 5.41 Å². The van der Waals surface area contributed by atoms with Crippen LogP contribution in [0.5, 0.6) is 0 Å². The molecule has 0 spiro atoms. The number of aryl methyl sites for hydroxylation is 3. The number of carboxylic acid groups (broad SMARTS) is 1. The highest BCUT2D eigenvalue weighted by molar-refractivity contribution is 5.88. The number of rotatable bonds is 7. The van der Waals surface area contributed by atoms with Gasteiger partial charge in [-0.1, -0.05) is 69.3 Å². The predicted molar refractivity (Wildman–Crippen MR) is 160 cm³/mol. The number of benzene rings is 2. The highest BCUT2D eigenvalue weighted by Crippen LogP contribution is 2.45. The largest absolute Gasteiger partial charge is 0.479 e. The second-order valence-corrected chi connectivity index (χ2v) is 12.6. The number of hydrogen-bond acceptors (Lipinski definition) is 4. The smallest absolute Gasteiger partial charge is 0.337 e. The van der Waals surface area contributed by atoms with Crippen LogP contribution in [0.25, 0.3) is 22.3 Å². The molecule has 1 aliphatic heterocycles. The number of aliphatic carboxylic acids is 1. The summed E-state index contributed by atoms with van der Waals surface area (Å²) in [4.78, 5) is 19.9. The molecular formula is C34H44N2O3. The molecule has 3 aromatic rings. The zero-order chi connectivity index (χ0) is 28.5. The fraction of sp³-hybridized carbons (Fsp3) is 0.471. The van der Waals surface area contributed by atoms with Crippen molar-refractivity contribution in [2.75, 3.05) is 18.0 Å². The van der Waals surface area contributed by atoms with Crippen LogP contribution in [0.1, 0.15) is 83.0 Å². The van der Waals surface area contributed by atoms with Crippen LogP contribution < -0.4 is 4.90 Å². The van der Waals surface area contributed by atoms with E-state index in [4.69, 9.17) is 9.72 Å². The lowest BCUT2D eigenvalue weighted by atomic mass is 9.81. The van der Waals surface area contributed by atoms with E-state index in [1.165, 1.54) is 11.1 Å². The molecule has 1 aromatic heterocycles. The number of carboxylic acids is 1. The predicted octanol–water partition coefficient (Wildman–Crippen LogP) is 8.16. The van der Waals surface area contributed by atoms with Gasteiger partial charge < -0.3 is 14.7 Å². The topological polar surface area (TPSA) is 62.7 Å². The Bertz CT molecular complexity index is 1310. The maximum Gasteiger partial charge on any atom is 0.337 e. The molecule has 0 radical (unpaired) electrons. The number of anilines is 1. The van der Waals surface area contributed by atoms with Crippen LogP contribution in [0, 0.1) is 19.3 Å². The lowest BCUT2D eigenvalue weighted by Crippen LogP contribution is -2.39. The zero-order valence-electron chi connectivity index (χ0n) is 24.9. The van der Waals surface area contributed by atoms with E-state index in [2.05, 4.69) is 74.2 Å². The molecule has 5 heteroatoms. The Hall–Kier alpha value is -3.18. The maximum atomic E-state index is 12.7. The Morgan fingerprint density at radius 3 is 1.95 bits per heavy atom. The van der Waals surface area contributed by atoms with Crippen LogP contribution in [0.4, 0.5) is 5.69 Å². The van der Waals surface area contributed by atoms with Crippen molar-refractivity contribution in [1.29, 1.82) is 0 Å². The molecule has 2 heterocycles. The van der Waals surface area contributed by atoms with Crippen molar-refractivity contribution in [3.05, 3.63) is 71.0 Å². The average molecular weight is 529 g/mol. The molecule has 1 N–H and O–H groups in total. The highest BCUT2D eigenvalue weighted by Gasteiger charge is 2.36. The van der Waals surface area contributed by atoms with E-state index in [0.717, 1.165) is 60.4 Å². The number of pyridine rings is 1. The van der Waals surface area contributed by atoms with Gasteiger partial charge in [0.15, 0.2) is 6.10 Å². The van der Waals surface area contributed by atoms with E-state index >= 15 is 0 Å². The van der Waals surface area contributed by atoms with E-state index in [1.807, 2.05) is 34.6 Å². The average Bonchev–Trinajstić information content (AvgIpc) is 2.87. The molecule has 0 aliphatic carbocycles. The van der Waals surface area contributed by atoms with E-state index in [9.17, 15) is 9.90 Å². The Morgan fingerprint density at radius 2 is 1.46 bits per heavy atom. The Kier molecular flexibility index (Phi) is 8.22. The number of piperidine rings is 1. The Morgan fingerprint density at radius 1 is 0.949 bits per heavy atom. The molecular weight excluding hydrogens is 484 g/mol. The number of carbonyl (C=O) groups is 1. The minimum absolute atomic E-state index is 0.261. The third kappa shape index (κ3) is 6.52. The summed E-state index contributed by atoms with van der Waals surface area (Å²) in [6.45, 7) is 18.1. The molecule has 1 atom stereocenters. The molecule has 0 bridgehead atoms. The van der Waals surface area contributed by atoms with Gasteiger partial charge in [-0.2, -0.15) is 0 Å². The fourth-order valence-electron chi connectivity index (χ4n) is 5.52. The van der Waals surface area contributed by atoms with Crippen molar-refractivity contribution >= 4 is 11.7 Å². The monoisotopic (exact) mass is 528 g/mol. The minimum Gasteiger partial charge on any atom is -0.479 e. The van der Waals surface area contributed by atoms with Gasteiger partial charge in [-0.05, 0) is 81.5 Å². The zero-order valence-corrected chi connectivity index (χ0v) is 24.9. The molecule has 39 heavy (non-hydrogen) atoms. The highest BCUT2D eigenvalue weighted by atomic mass is 16.5. The fourth-order valence-corrected chi connectivity index (χ4v) is 5.52. The third-order valence-electron chi connectivity index (χ3n) is 7.84. The summed E-state index contributed by atoms with van der Waals surface area (Å²) in [5.41, 5.74) is 8.54. The summed E-state index contributed by atoms with van der Waals surface area (Å²) >= 11 is 0. The number of hydrogen-bond donors (Lipinski definition) is 1. The van der Waals surface area contributed by atoms with Crippen LogP contribution in [0.15, 0.2) is 48.5 Å². The van der Waals surface area contributed by atoms with Gasteiger partial charge in [0.2, 0.25) is 0 Å². The van der Waals surface area contributed by atoms with Crippen LogP contribution >= 0.6 is 0 Å². The van der Waals surface area contributed by atoms with Crippen molar-refractivity contribution in [2.45, 2.75) is 86.4 Å². The summed E-state index contributed by atoms with van der Waals surface area (Å²) in [7, 11) is 0. The summed E-state index contributed by atoms with van der Waals surface area (Å²) in [6.07, 6.45) is 1.99. The second kappa shape index (κ2) is 11.1. The molecule has 5 nitrogen and oxygen atoms in total. The number of aromatic nitrogens is 1. The first-order valence-electron chi connectivity index (χ1n) is 14.2. The minimum atomic E-state index is -1.11. The van der Waals surface area contributed by atoms with Gasteiger partial charge in [-0.15, -0.1) is 0 Å². The van der Waals surface area contributed by atoms with Crippen LogP contribution in [0.3, 0.4) is 0 Å².